The van der Waals surface area contributed by atoms with Gasteiger partial charge < -0.3 is 26.3 Å². The maximum absolute atomic E-state index is 8.82. The van der Waals surface area contributed by atoms with Crippen LogP contribution in [0.5, 0.6) is 0 Å². The molecule has 0 aliphatic carbocycles. The van der Waals surface area contributed by atoms with Gasteiger partial charge in [0.2, 0.25) is 0 Å². The Kier molecular flexibility index (Phi) is 7.12. The third-order valence-electron chi connectivity index (χ3n) is 2.30. The molecule has 0 saturated carbocycles. The number of hydrogen-bond acceptors (Lipinski definition) is 4. The van der Waals surface area contributed by atoms with Gasteiger partial charge in [0.1, 0.15) is 26.2 Å². The minimum Gasteiger partial charge on any atom is -1.00 e. The fourth-order valence-corrected chi connectivity index (χ4v) is 1.52. The lowest BCUT2D eigenvalue weighted by Gasteiger charge is -2.36. The largest absolute Gasteiger partial charge is 1.00 e. The molecule has 0 aromatic rings. The molecular weight excluding hydrogens is 174 g/mol. The molecule has 0 bridgehead atoms. The Morgan fingerprint density at radius 2 is 0.846 bits per heavy atom. The summed E-state index contributed by atoms with van der Waals surface area (Å²) in [5.41, 5.74) is 0. The predicted octanol–water partition coefficient (Wildman–Crippen LogP) is -2.12. The van der Waals surface area contributed by atoms with Crippen molar-refractivity contribution in [3.8, 4) is 0 Å². The van der Waals surface area contributed by atoms with Crippen LogP contribution in [0.1, 0.15) is 1.43 Å². The zero-order valence-corrected chi connectivity index (χ0v) is 7.89. The van der Waals surface area contributed by atoms with Gasteiger partial charge in [-0.3, -0.25) is 0 Å². The molecule has 0 atom stereocenters. The summed E-state index contributed by atoms with van der Waals surface area (Å²) >= 11 is 0. The van der Waals surface area contributed by atoms with E-state index in [1.165, 1.54) is 0 Å². The molecule has 0 unspecified atom stereocenters. The van der Waals surface area contributed by atoms with Crippen LogP contribution in [0, 0.1) is 0 Å². The second-order valence-corrected chi connectivity index (χ2v) is 3.13. The van der Waals surface area contributed by atoms with Gasteiger partial charge in [-0.05, 0) is 0 Å². The van der Waals surface area contributed by atoms with E-state index in [0.29, 0.717) is 30.7 Å². The van der Waals surface area contributed by atoms with Crippen LogP contribution in [0.2, 0.25) is 0 Å². The number of aliphatic hydroxyl groups excluding tert-OH is 4. The predicted molar refractivity (Wildman–Crippen MR) is 49.2 cm³/mol. The highest BCUT2D eigenvalue weighted by molar-refractivity contribution is 4.44. The van der Waals surface area contributed by atoms with Crippen LogP contribution in [0.3, 0.4) is 0 Å². The third kappa shape index (κ3) is 4.54. The van der Waals surface area contributed by atoms with Crippen molar-refractivity contribution < 1.29 is 26.3 Å². The number of hydrogen-bond donors (Lipinski definition) is 4. The van der Waals surface area contributed by atoms with E-state index in [1.807, 2.05) is 0 Å². The lowest BCUT2D eigenvalue weighted by atomic mass is 10.3. The summed E-state index contributed by atoms with van der Waals surface area (Å²) in [6.45, 7) is 1.84. The highest BCUT2D eigenvalue weighted by Crippen LogP contribution is 2.04. The van der Waals surface area contributed by atoms with Gasteiger partial charge in [0, 0.05) is 0 Å². The first-order chi connectivity index (χ1) is 6.24. The maximum Gasteiger partial charge on any atom is 0.102 e. The van der Waals surface area contributed by atoms with E-state index in [1.54, 1.807) is 0 Å². The van der Waals surface area contributed by atoms with Gasteiger partial charge in [-0.15, -0.1) is 0 Å². The lowest BCUT2D eigenvalue weighted by Crippen LogP contribution is -2.54. The van der Waals surface area contributed by atoms with E-state index in [-0.39, 0.29) is 27.9 Å². The second kappa shape index (κ2) is 7.23. The van der Waals surface area contributed by atoms with Gasteiger partial charge in [0.25, 0.3) is 0 Å². The quantitative estimate of drug-likeness (QED) is 0.334. The average Bonchev–Trinajstić information content (AvgIpc) is 2.06. The molecule has 0 aromatic carbocycles. The van der Waals surface area contributed by atoms with E-state index in [0.717, 1.165) is 0 Å². The SMILES string of the molecule is OCC[N+](CCO)(CCO)CCO.[H-]. The summed E-state index contributed by atoms with van der Waals surface area (Å²) in [5, 5.41) is 35.3. The number of aliphatic hydroxyl groups is 4. The van der Waals surface area contributed by atoms with E-state index in [9.17, 15) is 0 Å². The molecule has 5 nitrogen and oxygen atoms in total. The summed E-state index contributed by atoms with van der Waals surface area (Å²) in [7, 11) is 0. The van der Waals surface area contributed by atoms with Crippen LogP contribution in [0.25, 0.3) is 0 Å². The van der Waals surface area contributed by atoms with Gasteiger partial charge in [-0.1, -0.05) is 0 Å². The van der Waals surface area contributed by atoms with Crippen molar-refractivity contribution in [2.24, 2.45) is 0 Å². The number of nitrogens with zero attached hydrogens (tertiary/aromatic N) is 1. The Bertz CT molecular complexity index is 96.4. The zero-order valence-electron chi connectivity index (χ0n) is 8.89. The topological polar surface area (TPSA) is 80.9 Å². The Morgan fingerprint density at radius 1 is 0.615 bits per heavy atom. The van der Waals surface area contributed by atoms with Crippen molar-refractivity contribution >= 4 is 0 Å². The van der Waals surface area contributed by atoms with Gasteiger partial charge in [-0.2, -0.15) is 0 Å². The van der Waals surface area contributed by atoms with Crippen molar-refractivity contribution in [1.82, 2.24) is 0 Å². The summed E-state index contributed by atoms with van der Waals surface area (Å²) in [4.78, 5) is 0. The molecule has 0 radical (unpaired) electrons. The molecule has 0 amide bonds. The van der Waals surface area contributed by atoms with E-state index in [2.05, 4.69) is 0 Å². The molecule has 0 aliphatic rings. The molecule has 0 rings (SSSR count). The third-order valence-corrected chi connectivity index (χ3v) is 2.30. The zero-order chi connectivity index (χ0) is 10.2. The molecule has 0 aromatic heterocycles. The van der Waals surface area contributed by atoms with Gasteiger partial charge in [0.05, 0.1) is 26.4 Å². The maximum atomic E-state index is 8.82. The molecule has 82 valence electrons. The number of quaternary nitrogens is 1. The van der Waals surface area contributed by atoms with E-state index in [4.69, 9.17) is 20.4 Å². The average molecular weight is 195 g/mol. The standard InChI is InChI=1S/C8H20NO4.H/c10-5-1-9(2-6-11,3-7-12)4-8-13;/h10-13H,1-8H2;/q+1;-1. The van der Waals surface area contributed by atoms with Crippen molar-refractivity contribution in [2.45, 2.75) is 0 Å². The molecule has 13 heavy (non-hydrogen) atoms. The fourth-order valence-electron chi connectivity index (χ4n) is 1.52. The van der Waals surface area contributed by atoms with Crippen LogP contribution in [-0.2, 0) is 0 Å². The van der Waals surface area contributed by atoms with Crippen LogP contribution < -0.4 is 0 Å². The van der Waals surface area contributed by atoms with Crippen molar-refractivity contribution in [3.63, 3.8) is 0 Å². The molecule has 4 N–H and O–H groups in total. The summed E-state index contributed by atoms with van der Waals surface area (Å²) < 4.78 is 0.375. The highest BCUT2D eigenvalue weighted by atomic mass is 16.3. The minimum absolute atomic E-state index is 0. The molecule has 0 saturated heterocycles. The molecule has 5 heteroatoms. The van der Waals surface area contributed by atoms with Crippen LogP contribution in [0.4, 0.5) is 0 Å². The van der Waals surface area contributed by atoms with Crippen LogP contribution >= 0.6 is 0 Å². The van der Waals surface area contributed by atoms with Gasteiger partial charge >= 0.3 is 0 Å². The minimum atomic E-state index is 0. The Hall–Kier alpha value is -0.200. The molecule has 0 spiro atoms. The smallest absolute Gasteiger partial charge is 0.102 e. The van der Waals surface area contributed by atoms with E-state index >= 15 is 0 Å². The summed E-state index contributed by atoms with van der Waals surface area (Å²) in [6.07, 6.45) is 0. The normalized spacial score (nSPS) is 12.0. The summed E-state index contributed by atoms with van der Waals surface area (Å²) in [5.74, 6) is 0. The van der Waals surface area contributed by atoms with Crippen molar-refractivity contribution in [1.29, 1.82) is 0 Å². The molecule has 0 heterocycles. The first-order valence-corrected chi connectivity index (χ1v) is 4.53. The van der Waals surface area contributed by atoms with Gasteiger partial charge in [-0.25, -0.2) is 0 Å². The van der Waals surface area contributed by atoms with Crippen molar-refractivity contribution in [3.05, 3.63) is 0 Å². The second-order valence-electron chi connectivity index (χ2n) is 3.13. The monoisotopic (exact) mass is 195 g/mol. The number of rotatable bonds is 8. The Labute approximate surface area is 79.9 Å². The van der Waals surface area contributed by atoms with E-state index < -0.39 is 0 Å². The molecular formula is C8H21NO4. The fraction of sp³-hybridized carbons (Fsp3) is 1.00. The first kappa shape index (κ1) is 12.8. The highest BCUT2D eigenvalue weighted by Gasteiger charge is 2.24. The molecule has 0 fully saturated rings. The van der Waals surface area contributed by atoms with Gasteiger partial charge in [0.15, 0.2) is 0 Å². The lowest BCUT2D eigenvalue weighted by molar-refractivity contribution is -0.929. The molecule has 0 aliphatic heterocycles. The van der Waals surface area contributed by atoms with Crippen molar-refractivity contribution in [2.75, 3.05) is 52.6 Å². The summed E-state index contributed by atoms with van der Waals surface area (Å²) in [6, 6.07) is 0. The Balaban J connectivity index is 0. The van der Waals surface area contributed by atoms with Crippen LogP contribution in [-0.4, -0.2) is 77.5 Å². The Morgan fingerprint density at radius 3 is 1.00 bits per heavy atom. The first-order valence-electron chi connectivity index (χ1n) is 4.53. The van der Waals surface area contributed by atoms with Crippen LogP contribution in [0.15, 0.2) is 0 Å².